The zero-order valence-corrected chi connectivity index (χ0v) is 12.7. The molecular weight excluding hydrogens is 254 g/mol. The van der Waals surface area contributed by atoms with Gasteiger partial charge in [-0.3, -0.25) is 9.69 Å². The van der Waals surface area contributed by atoms with Gasteiger partial charge < -0.3 is 15.3 Å². The van der Waals surface area contributed by atoms with Crippen molar-refractivity contribution < 1.29 is 9.90 Å². The number of nitrogens with one attached hydrogen (secondary N) is 1. The van der Waals surface area contributed by atoms with E-state index in [1.54, 1.807) is 0 Å². The average molecular weight is 283 g/mol. The molecule has 0 aliphatic carbocycles. The fraction of sp³-hybridized carbons (Fsp3) is 0.933. The molecule has 2 unspecified atom stereocenters. The van der Waals surface area contributed by atoms with E-state index in [1.807, 2.05) is 4.90 Å². The van der Waals surface area contributed by atoms with E-state index < -0.39 is 0 Å². The molecule has 2 rings (SSSR count). The Morgan fingerprint density at radius 2 is 2.20 bits per heavy atom. The van der Waals surface area contributed by atoms with Gasteiger partial charge in [0.05, 0.1) is 13.2 Å². The Labute approximate surface area is 122 Å². The summed E-state index contributed by atoms with van der Waals surface area (Å²) in [5.41, 5.74) is 0. The molecule has 2 N–H and O–H groups in total. The highest BCUT2D eigenvalue weighted by atomic mass is 16.3. The number of aliphatic hydroxyl groups excluding tert-OH is 1. The number of likely N-dealkylation sites (tertiary alicyclic amines) is 1. The van der Waals surface area contributed by atoms with E-state index in [4.69, 9.17) is 0 Å². The maximum atomic E-state index is 12.4. The second kappa shape index (κ2) is 7.96. The summed E-state index contributed by atoms with van der Waals surface area (Å²) >= 11 is 0. The third kappa shape index (κ3) is 4.43. The fourth-order valence-electron chi connectivity index (χ4n) is 3.35. The van der Waals surface area contributed by atoms with E-state index in [1.165, 1.54) is 19.3 Å². The lowest BCUT2D eigenvalue weighted by atomic mass is 10.0. The maximum absolute atomic E-state index is 12.4. The molecule has 0 aromatic heterocycles. The number of amides is 1. The lowest BCUT2D eigenvalue weighted by molar-refractivity contribution is -0.135. The summed E-state index contributed by atoms with van der Waals surface area (Å²) in [6.07, 6.45) is 5.87. The van der Waals surface area contributed by atoms with Crippen LogP contribution in [0.3, 0.4) is 0 Å². The molecule has 2 heterocycles. The minimum absolute atomic E-state index is 0.121. The summed E-state index contributed by atoms with van der Waals surface area (Å²) in [5.74, 6) is 0.226. The molecule has 20 heavy (non-hydrogen) atoms. The van der Waals surface area contributed by atoms with Gasteiger partial charge in [0.25, 0.3) is 0 Å². The van der Waals surface area contributed by atoms with Crippen LogP contribution in [-0.4, -0.2) is 72.2 Å². The second-order valence-corrected chi connectivity index (χ2v) is 6.18. The van der Waals surface area contributed by atoms with Gasteiger partial charge in [-0.1, -0.05) is 0 Å². The van der Waals surface area contributed by atoms with Crippen LogP contribution in [0, 0.1) is 0 Å². The Morgan fingerprint density at radius 1 is 1.35 bits per heavy atom. The smallest absolute Gasteiger partial charge is 0.236 e. The van der Waals surface area contributed by atoms with Crippen LogP contribution in [0.4, 0.5) is 0 Å². The van der Waals surface area contributed by atoms with Crippen LogP contribution in [0.1, 0.15) is 39.0 Å². The van der Waals surface area contributed by atoms with Crippen LogP contribution in [-0.2, 0) is 4.79 Å². The number of carbonyl (C=O) groups is 1. The molecule has 0 saturated carbocycles. The Balaban J connectivity index is 1.83. The first-order valence-electron chi connectivity index (χ1n) is 8.06. The largest absolute Gasteiger partial charge is 0.395 e. The average Bonchev–Trinajstić information content (AvgIpc) is 2.92. The van der Waals surface area contributed by atoms with Crippen LogP contribution in [0.25, 0.3) is 0 Å². The van der Waals surface area contributed by atoms with Crippen molar-refractivity contribution in [2.24, 2.45) is 0 Å². The van der Waals surface area contributed by atoms with E-state index in [0.717, 1.165) is 32.5 Å². The molecule has 0 bridgehead atoms. The highest BCUT2D eigenvalue weighted by Gasteiger charge is 2.26. The second-order valence-electron chi connectivity index (χ2n) is 6.18. The molecule has 2 fully saturated rings. The number of nitrogens with zero attached hydrogens (tertiary/aromatic N) is 2. The summed E-state index contributed by atoms with van der Waals surface area (Å²) in [6.45, 7) is 6.15. The molecule has 5 nitrogen and oxygen atoms in total. The zero-order chi connectivity index (χ0) is 14.4. The summed E-state index contributed by atoms with van der Waals surface area (Å²) in [6, 6.07) is 0.852. The molecule has 2 saturated heterocycles. The molecular formula is C15H29N3O2. The molecule has 1 amide bonds. The van der Waals surface area contributed by atoms with Crippen LogP contribution < -0.4 is 5.32 Å². The van der Waals surface area contributed by atoms with Crippen molar-refractivity contribution in [1.29, 1.82) is 0 Å². The Morgan fingerprint density at radius 3 is 2.85 bits per heavy atom. The highest BCUT2D eigenvalue weighted by Crippen LogP contribution is 2.17. The zero-order valence-electron chi connectivity index (χ0n) is 12.7. The summed E-state index contributed by atoms with van der Waals surface area (Å²) in [7, 11) is 0. The third-order valence-electron chi connectivity index (χ3n) is 4.54. The molecule has 0 aromatic carbocycles. The number of hydrogen-bond acceptors (Lipinski definition) is 4. The first-order chi connectivity index (χ1) is 9.70. The van der Waals surface area contributed by atoms with E-state index in [0.29, 0.717) is 25.2 Å². The van der Waals surface area contributed by atoms with Crippen LogP contribution in [0.5, 0.6) is 0 Å². The predicted octanol–water partition coefficient (Wildman–Crippen LogP) is 0.434. The van der Waals surface area contributed by atoms with E-state index in [2.05, 4.69) is 17.1 Å². The Kier molecular flexibility index (Phi) is 6.26. The van der Waals surface area contributed by atoms with Crippen molar-refractivity contribution in [3.63, 3.8) is 0 Å². The predicted molar refractivity (Wildman–Crippen MR) is 79.6 cm³/mol. The standard InChI is InChI=1S/C15H29N3O2/c1-13-5-2-3-8-18(13)15(20)12-17(9-10-19)11-14-6-4-7-16-14/h13-14,16,19H,2-12H2,1H3. The van der Waals surface area contributed by atoms with Crippen molar-refractivity contribution in [1.82, 2.24) is 15.1 Å². The van der Waals surface area contributed by atoms with Crippen molar-refractivity contribution >= 4 is 5.91 Å². The van der Waals surface area contributed by atoms with Gasteiger partial charge in [-0.15, -0.1) is 0 Å². The topological polar surface area (TPSA) is 55.8 Å². The Hall–Kier alpha value is -0.650. The number of carbonyl (C=O) groups excluding carboxylic acids is 1. The van der Waals surface area contributed by atoms with E-state index in [-0.39, 0.29) is 12.5 Å². The van der Waals surface area contributed by atoms with Crippen molar-refractivity contribution in [3.05, 3.63) is 0 Å². The first kappa shape index (κ1) is 15.7. The molecule has 5 heteroatoms. The third-order valence-corrected chi connectivity index (χ3v) is 4.54. The Bertz CT molecular complexity index is 305. The summed E-state index contributed by atoms with van der Waals surface area (Å²) in [4.78, 5) is 16.6. The fourth-order valence-corrected chi connectivity index (χ4v) is 3.35. The van der Waals surface area contributed by atoms with Crippen molar-refractivity contribution in [3.8, 4) is 0 Å². The molecule has 2 aliphatic rings. The quantitative estimate of drug-likeness (QED) is 0.742. The monoisotopic (exact) mass is 283 g/mol. The molecule has 0 spiro atoms. The first-order valence-corrected chi connectivity index (χ1v) is 8.06. The minimum Gasteiger partial charge on any atom is -0.395 e. The molecule has 0 radical (unpaired) electrons. The van der Waals surface area contributed by atoms with Gasteiger partial charge >= 0.3 is 0 Å². The number of aliphatic hydroxyl groups is 1. The SMILES string of the molecule is CC1CCCCN1C(=O)CN(CCO)CC1CCCN1. The minimum atomic E-state index is 0.121. The van der Waals surface area contributed by atoms with E-state index in [9.17, 15) is 9.90 Å². The van der Waals surface area contributed by atoms with Crippen LogP contribution in [0.2, 0.25) is 0 Å². The number of piperidine rings is 1. The van der Waals surface area contributed by atoms with Gasteiger partial charge in [0.15, 0.2) is 0 Å². The van der Waals surface area contributed by atoms with Gasteiger partial charge in [-0.2, -0.15) is 0 Å². The maximum Gasteiger partial charge on any atom is 0.236 e. The van der Waals surface area contributed by atoms with Crippen molar-refractivity contribution in [2.45, 2.75) is 51.1 Å². The molecule has 2 atom stereocenters. The summed E-state index contributed by atoms with van der Waals surface area (Å²) in [5, 5.41) is 12.7. The lowest BCUT2D eigenvalue weighted by Crippen LogP contribution is -2.49. The van der Waals surface area contributed by atoms with Gasteiger partial charge in [-0.25, -0.2) is 0 Å². The molecule has 116 valence electrons. The molecule has 2 aliphatic heterocycles. The van der Waals surface area contributed by atoms with Gasteiger partial charge in [0.2, 0.25) is 5.91 Å². The summed E-state index contributed by atoms with van der Waals surface area (Å²) < 4.78 is 0. The lowest BCUT2D eigenvalue weighted by Gasteiger charge is -2.35. The van der Waals surface area contributed by atoms with Crippen molar-refractivity contribution in [2.75, 3.05) is 39.3 Å². The van der Waals surface area contributed by atoms with Gasteiger partial charge in [0.1, 0.15) is 0 Å². The van der Waals surface area contributed by atoms with Gasteiger partial charge in [-0.05, 0) is 45.6 Å². The van der Waals surface area contributed by atoms with Crippen LogP contribution in [0.15, 0.2) is 0 Å². The van der Waals surface area contributed by atoms with Crippen LogP contribution >= 0.6 is 0 Å². The number of hydrogen-bond donors (Lipinski definition) is 2. The normalized spacial score (nSPS) is 27.2. The highest BCUT2D eigenvalue weighted by molar-refractivity contribution is 5.78. The number of rotatable bonds is 6. The van der Waals surface area contributed by atoms with Gasteiger partial charge in [0, 0.05) is 31.7 Å². The molecule has 0 aromatic rings. The van der Waals surface area contributed by atoms with E-state index >= 15 is 0 Å².